The number of fused-ring (bicyclic) bond motifs is 1. The number of nitrogens with zero attached hydrogens (tertiary/aromatic N) is 2. The van der Waals surface area contributed by atoms with E-state index in [0.717, 1.165) is 34.6 Å². The molecule has 0 bridgehead atoms. The Balaban J connectivity index is 1.58. The second kappa shape index (κ2) is 7.17. The van der Waals surface area contributed by atoms with Crippen LogP contribution in [0.4, 0.5) is 0 Å². The van der Waals surface area contributed by atoms with Crippen LogP contribution in [-0.2, 0) is 11.2 Å². The molecule has 1 amide bonds. The number of hydrogen-bond acceptors (Lipinski definition) is 4. The summed E-state index contributed by atoms with van der Waals surface area (Å²) in [5.41, 5.74) is 3.66. The lowest BCUT2D eigenvalue weighted by molar-refractivity contribution is -0.121. The predicted molar refractivity (Wildman–Crippen MR) is 98.0 cm³/mol. The summed E-state index contributed by atoms with van der Waals surface area (Å²) < 4.78 is 5.75. The molecule has 4 rings (SSSR count). The average Bonchev–Trinajstić information content (AvgIpc) is 3.14. The monoisotopic (exact) mass is 368 g/mol. The number of ether oxygens (including phenoxy) is 1. The fourth-order valence-corrected chi connectivity index (χ4v) is 3.27. The average molecular weight is 369 g/mol. The number of hydrogen-bond donors (Lipinski definition) is 2. The molecule has 3 heterocycles. The third-order valence-electron chi connectivity index (χ3n) is 4.33. The summed E-state index contributed by atoms with van der Waals surface area (Å²) in [6.07, 6.45) is 7.58. The minimum absolute atomic E-state index is 0.0538. The molecule has 2 aromatic heterocycles. The zero-order valence-electron chi connectivity index (χ0n) is 13.9. The molecule has 1 aliphatic rings. The van der Waals surface area contributed by atoms with E-state index in [2.05, 4.69) is 20.3 Å². The number of rotatable bonds is 4. The summed E-state index contributed by atoms with van der Waals surface area (Å²) in [6.45, 7) is 0.570. The van der Waals surface area contributed by atoms with Crippen LogP contribution < -0.4 is 10.1 Å². The molecule has 132 valence electrons. The van der Waals surface area contributed by atoms with Crippen LogP contribution in [0.25, 0.3) is 11.1 Å². The van der Waals surface area contributed by atoms with Gasteiger partial charge in [-0.05, 0) is 23.8 Å². The van der Waals surface area contributed by atoms with E-state index in [1.807, 2.05) is 24.3 Å². The molecular weight excluding hydrogens is 352 g/mol. The first kappa shape index (κ1) is 16.6. The van der Waals surface area contributed by atoms with Crippen molar-refractivity contribution in [1.29, 1.82) is 0 Å². The molecule has 0 spiro atoms. The number of pyridine rings is 1. The molecular formula is C19H17ClN4O2. The zero-order valence-corrected chi connectivity index (χ0v) is 14.7. The van der Waals surface area contributed by atoms with Crippen molar-refractivity contribution in [3.8, 4) is 16.9 Å². The van der Waals surface area contributed by atoms with Crippen LogP contribution in [0.3, 0.4) is 0 Å². The van der Waals surface area contributed by atoms with Gasteiger partial charge < -0.3 is 15.0 Å². The quantitative estimate of drug-likeness (QED) is 0.740. The van der Waals surface area contributed by atoms with Gasteiger partial charge in [-0.2, -0.15) is 0 Å². The Morgan fingerprint density at radius 1 is 1.23 bits per heavy atom. The molecule has 26 heavy (non-hydrogen) atoms. The van der Waals surface area contributed by atoms with Crippen molar-refractivity contribution >= 4 is 17.5 Å². The Morgan fingerprint density at radius 2 is 2.15 bits per heavy atom. The van der Waals surface area contributed by atoms with E-state index in [4.69, 9.17) is 16.3 Å². The van der Waals surface area contributed by atoms with Crippen LogP contribution in [0.5, 0.6) is 5.75 Å². The van der Waals surface area contributed by atoms with Gasteiger partial charge in [-0.15, -0.1) is 0 Å². The van der Waals surface area contributed by atoms with Gasteiger partial charge in [-0.3, -0.25) is 9.78 Å². The molecule has 7 heteroatoms. The van der Waals surface area contributed by atoms with E-state index in [9.17, 15) is 4.79 Å². The Kier molecular flexibility index (Phi) is 4.58. The number of H-pyrrole nitrogens is 1. The van der Waals surface area contributed by atoms with Crippen molar-refractivity contribution in [3.63, 3.8) is 0 Å². The highest BCUT2D eigenvalue weighted by Gasteiger charge is 2.24. The first-order chi connectivity index (χ1) is 12.7. The van der Waals surface area contributed by atoms with Crippen LogP contribution in [-0.4, -0.2) is 27.5 Å². The largest absolute Gasteiger partial charge is 0.493 e. The molecule has 1 atom stereocenters. The highest BCUT2D eigenvalue weighted by molar-refractivity contribution is 6.30. The maximum atomic E-state index is 12.4. The zero-order chi connectivity index (χ0) is 17.9. The lowest BCUT2D eigenvalue weighted by Crippen LogP contribution is -2.33. The van der Waals surface area contributed by atoms with Gasteiger partial charge in [0.2, 0.25) is 5.91 Å². The fourth-order valence-electron chi connectivity index (χ4n) is 3.09. The van der Waals surface area contributed by atoms with Gasteiger partial charge >= 0.3 is 0 Å². The molecule has 0 fully saturated rings. The first-order valence-electron chi connectivity index (χ1n) is 8.33. The number of imidazole rings is 1. The second-order valence-corrected chi connectivity index (χ2v) is 6.59. The number of amides is 1. The number of aromatic nitrogens is 3. The molecule has 0 saturated carbocycles. The summed E-state index contributed by atoms with van der Waals surface area (Å²) in [5.74, 6) is 0.740. The molecule has 3 aromatic rings. The molecule has 0 radical (unpaired) electrons. The summed E-state index contributed by atoms with van der Waals surface area (Å²) in [7, 11) is 0. The number of aromatic amines is 1. The Morgan fingerprint density at radius 3 is 2.96 bits per heavy atom. The highest BCUT2D eigenvalue weighted by Crippen LogP contribution is 2.35. The molecule has 1 unspecified atom stereocenters. The van der Waals surface area contributed by atoms with E-state index in [0.29, 0.717) is 11.6 Å². The summed E-state index contributed by atoms with van der Waals surface area (Å²) in [4.78, 5) is 23.4. The Hall–Kier alpha value is -2.86. The van der Waals surface area contributed by atoms with E-state index < -0.39 is 0 Å². The third-order valence-corrected chi connectivity index (χ3v) is 4.54. The lowest BCUT2D eigenvalue weighted by Gasteiger charge is -2.27. The minimum atomic E-state index is -0.0961. The summed E-state index contributed by atoms with van der Waals surface area (Å²) >= 11 is 6.05. The van der Waals surface area contributed by atoms with E-state index in [1.165, 1.54) is 0 Å². The van der Waals surface area contributed by atoms with Crippen molar-refractivity contribution in [2.45, 2.75) is 18.9 Å². The van der Waals surface area contributed by atoms with E-state index in [-0.39, 0.29) is 18.4 Å². The molecule has 0 saturated heterocycles. The van der Waals surface area contributed by atoms with Crippen molar-refractivity contribution in [2.24, 2.45) is 0 Å². The second-order valence-electron chi connectivity index (χ2n) is 6.16. The van der Waals surface area contributed by atoms with Crippen LogP contribution in [0.2, 0.25) is 5.02 Å². The number of carbonyl (C=O) groups is 1. The SMILES string of the molecule is O=C(Cc1cnc[nH]1)NC1CCOc2ccc(-c3cncc(Cl)c3)cc21. The van der Waals surface area contributed by atoms with Crippen LogP contribution in [0, 0.1) is 0 Å². The van der Waals surface area contributed by atoms with E-state index >= 15 is 0 Å². The molecule has 0 aliphatic carbocycles. The van der Waals surface area contributed by atoms with Gasteiger partial charge in [0, 0.05) is 41.8 Å². The Bertz CT molecular complexity index is 927. The van der Waals surface area contributed by atoms with Crippen molar-refractivity contribution in [1.82, 2.24) is 20.3 Å². The van der Waals surface area contributed by atoms with Crippen LogP contribution in [0.15, 0.2) is 49.2 Å². The maximum Gasteiger partial charge on any atom is 0.226 e. The molecule has 6 nitrogen and oxygen atoms in total. The molecule has 1 aromatic carbocycles. The van der Waals surface area contributed by atoms with Gasteiger partial charge in [0.25, 0.3) is 0 Å². The highest BCUT2D eigenvalue weighted by atomic mass is 35.5. The Labute approximate surface area is 155 Å². The first-order valence-corrected chi connectivity index (χ1v) is 8.71. The van der Waals surface area contributed by atoms with Crippen LogP contribution >= 0.6 is 11.6 Å². The topological polar surface area (TPSA) is 79.9 Å². The van der Waals surface area contributed by atoms with Gasteiger partial charge in [0.15, 0.2) is 0 Å². The van der Waals surface area contributed by atoms with Gasteiger partial charge in [0.05, 0.1) is 30.4 Å². The van der Waals surface area contributed by atoms with Gasteiger partial charge in [0.1, 0.15) is 5.75 Å². The van der Waals surface area contributed by atoms with Crippen LogP contribution in [0.1, 0.15) is 23.7 Å². The molecule has 2 N–H and O–H groups in total. The fraction of sp³-hybridized carbons (Fsp3) is 0.211. The van der Waals surface area contributed by atoms with Gasteiger partial charge in [-0.1, -0.05) is 17.7 Å². The number of halogens is 1. The van der Waals surface area contributed by atoms with Crippen molar-refractivity contribution in [2.75, 3.05) is 6.61 Å². The molecule has 1 aliphatic heterocycles. The summed E-state index contributed by atoms with van der Waals surface area (Å²) in [6, 6.07) is 7.70. The number of benzene rings is 1. The number of carbonyl (C=O) groups excluding carboxylic acids is 1. The normalized spacial score (nSPS) is 15.8. The maximum absolute atomic E-state index is 12.4. The van der Waals surface area contributed by atoms with Crippen molar-refractivity contribution < 1.29 is 9.53 Å². The third kappa shape index (κ3) is 3.55. The number of nitrogens with one attached hydrogen (secondary N) is 2. The smallest absolute Gasteiger partial charge is 0.226 e. The minimum Gasteiger partial charge on any atom is -0.493 e. The summed E-state index contributed by atoms with van der Waals surface area (Å²) in [5, 5.41) is 3.68. The predicted octanol–water partition coefficient (Wildman–Crippen LogP) is 3.31. The van der Waals surface area contributed by atoms with E-state index in [1.54, 1.807) is 24.9 Å². The van der Waals surface area contributed by atoms with Crippen molar-refractivity contribution in [3.05, 3.63) is 65.5 Å². The lowest BCUT2D eigenvalue weighted by atomic mass is 9.96. The van der Waals surface area contributed by atoms with Gasteiger partial charge in [-0.25, -0.2) is 4.98 Å². The standard InChI is InChI=1S/C19H17ClN4O2/c20-14-5-13(8-21-9-14)12-1-2-18-16(6-12)17(3-4-26-18)24-19(25)7-15-10-22-11-23-15/h1-2,5-6,8-11,17H,3-4,7H2,(H,22,23)(H,24,25).